The van der Waals surface area contributed by atoms with Gasteiger partial charge < -0.3 is 34.6 Å². The summed E-state index contributed by atoms with van der Waals surface area (Å²) in [5.74, 6) is -1.46. The van der Waals surface area contributed by atoms with Crippen LogP contribution in [0.15, 0.2) is 46.1 Å². The summed E-state index contributed by atoms with van der Waals surface area (Å²) < 4.78 is 30.5. The number of hydrogen-bond donors (Lipinski definition) is 4. The number of anilines is 1. The molecule has 14 nitrogen and oxygen atoms in total. The van der Waals surface area contributed by atoms with Crippen molar-refractivity contribution in [2.24, 2.45) is 0 Å². The summed E-state index contributed by atoms with van der Waals surface area (Å²) in [6, 6.07) is 7.61. The van der Waals surface area contributed by atoms with E-state index in [2.05, 4.69) is 10.6 Å². The van der Waals surface area contributed by atoms with Gasteiger partial charge in [-0.2, -0.15) is 0 Å². The van der Waals surface area contributed by atoms with Crippen LogP contribution in [0.4, 0.5) is 5.69 Å². The van der Waals surface area contributed by atoms with Gasteiger partial charge in [-0.15, -0.1) is 0 Å². The lowest BCUT2D eigenvalue weighted by Gasteiger charge is -2.18. The van der Waals surface area contributed by atoms with Gasteiger partial charge in [-0.1, -0.05) is 12.1 Å². The van der Waals surface area contributed by atoms with Crippen LogP contribution in [0.2, 0.25) is 0 Å². The lowest BCUT2D eigenvalue weighted by Crippen LogP contribution is -2.45. The number of hydrogen-bond acceptors (Lipinski definition) is 10. The molecule has 3 rings (SSSR count). The molecule has 1 aromatic carbocycles. The second-order valence-corrected chi connectivity index (χ2v) is 10.6. The zero-order valence-corrected chi connectivity index (χ0v) is 22.7. The number of carbonyl (C=O) groups is 2. The molecule has 0 bridgehead atoms. The molecular formula is C24H33N4O10P. The zero-order chi connectivity index (χ0) is 28.7. The molecule has 1 saturated heterocycles. The maximum atomic E-state index is 12.7. The fraction of sp³-hybridized carbons (Fsp3) is 0.500. The molecule has 0 radical (unpaired) electrons. The summed E-state index contributed by atoms with van der Waals surface area (Å²) >= 11 is 0. The van der Waals surface area contributed by atoms with Gasteiger partial charge in [0.25, 0.3) is 11.5 Å². The maximum absolute atomic E-state index is 12.7. The first-order valence-electron chi connectivity index (χ1n) is 12.4. The Bertz CT molecular complexity index is 1320. The van der Waals surface area contributed by atoms with Crippen molar-refractivity contribution in [1.29, 1.82) is 0 Å². The van der Waals surface area contributed by atoms with Gasteiger partial charge in [-0.25, -0.2) is 4.79 Å². The molecule has 1 aromatic heterocycles. The predicted molar refractivity (Wildman–Crippen MR) is 139 cm³/mol. The van der Waals surface area contributed by atoms with E-state index in [-0.39, 0.29) is 25.9 Å². The van der Waals surface area contributed by atoms with Crippen LogP contribution in [-0.4, -0.2) is 69.2 Å². The molecule has 1 aliphatic rings. The van der Waals surface area contributed by atoms with E-state index in [4.69, 9.17) is 13.8 Å². The highest BCUT2D eigenvalue weighted by molar-refractivity contribution is 7.53. The average Bonchev–Trinajstić information content (AvgIpc) is 3.18. The van der Waals surface area contributed by atoms with Crippen LogP contribution in [0.3, 0.4) is 0 Å². The normalized spacial score (nSPS) is 21.1. The first-order valence-corrected chi connectivity index (χ1v) is 14.1. The number of benzene rings is 1. The molecule has 1 fully saturated rings. The van der Waals surface area contributed by atoms with E-state index in [1.165, 1.54) is 0 Å². The third-order valence-corrected chi connectivity index (χ3v) is 7.93. The molecular weight excluding hydrogens is 535 g/mol. The second-order valence-electron chi connectivity index (χ2n) is 8.58. The molecule has 4 N–H and O–H groups in total. The van der Waals surface area contributed by atoms with Crippen molar-refractivity contribution < 1.29 is 38.2 Å². The van der Waals surface area contributed by atoms with Crippen LogP contribution in [0.1, 0.15) is 32.6 Å². The number of nitrogens with one attached hydrogen (secondary N) is 2. The third-order valence-electron chi connectivity index (χ3n) is 5.87. The minimum absolute atomic E-state index is 0.0706. The summed E-state index contributed by atoms with van der Waals surface area (Å²) in [7, 11) is -3.28. The zero-order valence-electron chi connectivity index (χ0n) is 21.8. The van der Waals surface area contributed by atoms with Crippen molar-refractivity contribution in [3.63, 3.8) is 0 Å². The third kappa shape index (κ3) is 7.29. The number of aromatic nitrogens is 2. The molecule has 2 aromatic rings. The molecule has 15 heteroatoms. The summed E-state index contributed by atoms with van der Waals surface area (Å²) in [6.07, 6.45) is -5.14. The Labute approximate surface area is 224 Å². The van der Waals surface area contributed by atoms with Crippen molar-refractivity contribution in [1.82, 2.24) is 14.5 Å². The Morgan fingerprint density at radius 2 is 1.67 bits per heavy atom. The van der Waals surface area contributed by atoms with Gasteiger partial charge in [0.1, 0.15) is 12.2 Å². The Morgan fingerprint density at radius 3 is 2.26 bits per heavy atom. The summed E-state index contributed by atoms with van der Waals surface area (Å²) in [4.78, 5) is 49.3. The van der Waals surface area contributed by atoms with Crippen molar-refractivity contribution in [3.8, 4) is 0 Å². The molecule has 0 unspecified atom stereocenters. The van der Waals surface area contributed by atoms with E-state index in [0.29, 0.717) is 11.3 Å². The predicted octanol–water partition coefficient (Wildman–Crippen LogP) is 0.170. The second kappa shape index (κ2) is 13.3. The Hall–Kier alpha value is -3.13. The topological polar surface area (TPSA) is 187 Å². The van der Waals surface area contributed by atoms with Crippen molar-refractivity contribution in [2.75, 3.05) is 25.1 Å². The number of aliphatic hydroxyl groups is 2. The summed E-state index contributed by atoms with van der Waals surface area (Å²) in [5, 5.41) is 25.7. The number of carbonyl (C=O) groups excluding carboxylic acids is 2. The summed E-state index contributed by atoms with van der Waals surface area (Å²) in [5.41, 5.74) is -0.219. The molecule has 0 aliphatic carbocycles. The van der Waals surface area contributed by atoms with Crippen LogP contribution in [0.5, 0.6) is 0 Å². The molecule has 1 aliphatic heterocycles. The smallest absolute Gasteiger partial charge is 0.335 e. The van der Waals surface area contributed by atoms with E-state index >= 15 is 0 Å². The molecule has 39 heavy (non-hydrogen) atoms. The first-order chi connectivity index (χ1) is 18.5. The Morgan fingerprint density at radius 1 is 1.03 bits per heavy atom. The van der Waals surface area contributed by atoms with Gasteiger partial charge in [0.15, 0.2) is 12.3 Å². The quantitative estimate of drug-likeness (QED) is 0.257. The first kappa shape index (κ1) is 30.4. The molecule has 2 amide bonds. The number of rotatable bonds is 12. The van der Waals surface area contributed by atoms with E-state index < -0.39 is 61.7 Å². The van der Waals surface area contributed by atoms with Crippen LogP contribution in [0.25, 0.3) is 0 Å². The van der Waals surface area contributed by atoms with E-state index in [1.54, 1.807) is 45.0 Å². The minimum atomic E-state index is -3.28. The maximum Gasteiger partial charge on any atom is 0.335 e. The molecule has 0 spiro atoms. The van der Waals surface area contributed by atoms with Crippen LogP contribution < -0.4 is 21.9 Å². The van der Waals surface area contributed by atoms with Crippen LogP contribution >= 0.6 is 7.60 Å². The van der Waals surface area contributed by atoms with Crippen LogP contribution in [-0.2, 0) is 40.6 Å². The van der Waals surface area contributed by atoms with Crippen molar-refractivity contribution >= 4 is 25.1 Å². The van der Waals surface area contributed by atoms with Gasteiger partial charge >= 0.3 is 13.3 Å². The minimum Gasteiger partial charge on any atom is -0.387 e. The SMILES string of the molecule is CCOP(=O)(Cc1ccc(NC(=O)CNC(=O)[C@H]2O[C@@H](n3ccc(=O)n(CC)c3=O)[C@H](O)[C@@H]2O)cc1)OCC. The number of ether oxygens (including phenoxy) is 1. The fourth-order valence-electron chi connectivity index (χ4n) is 4.03. The Balaban J connectivity index is 1.57. The average molecular weight is 569 g/mol. The standard InChI is InChI=1S/C24H33N4O10P/c1-4-27-18(30)11-12-28(24(27)34)23-20(32)19(31)21(38-23)22(33)25-13-17(29)26-16-9-7-15(8-10-16)14-39(35,36-5-2)37-6-3/h7-12,19-21,23,31-32H,4-6,13-14H2,1-3H3,(H,25,33)(H,26,29)/t19-,20+,21-,23+/m0/s1. The number of aliphatic hydroxyl groups excluding tert-OH is 2. The van der Waals surface area contributed by atoms with Crippen molar-refractivity contribution in [2.45, 2.75) is 58.0 Å². The molecule has 0 saturated carbocycles. The highest BCUT2D eigenvalue weighted by Crippen LogP contribution is 2.51. The highest BCUT2D eigenvalue weighted by atomic mass is 31.2. The molecule has 4 atom stereocenters. The largest absolute Gasteiger partial charge is 0.387 e. The van der Waals surface area contributed by atoms with Gasteiger partial charge in [0, 0.05) is 24.5 Å². The molecule has 214 valence electrons. The van der Waals surface area contributed by atoms with E-state index in [1.807, 2.05) is 0 Å². The van der Waals surface area contributed by atoms with Gasteiger partial charge in [-0.05, 0) is 38.5 Å². The van der Waals surface area contributed by atoms with E-state index in [9.17, 15) is 34.0 Å². The van der Waals surface area contributed by atoms with Gasteiger partial charge in [0.05, 0.1) is 25.9 Å². The monoisotopic (exact) mass is 568 g/mol. The number of nitrogens with zero attached hydrogens (tertiary/aromatic N) is 2. The van der Waals surface area contributed by atoms with Crippen LogP contribution in [0, 0.1) is 0 Å². The highest BCUT2D eigenvalue weighted by Gasteiger charge is 2.47. The fourth-order valence-corrected chi connectivity index (χ4v) is 5.74. The Kier molecular flexibility index (Phi) is 10.4. The van der Waals surface area contributed by atoms with E-state index in [0.717, 1.165) is 21.4 Å². The lowest BCUT2D eigenvalue weighted by atomic mass is 10.1. The van der Waals surface area contributed by atoms with Gasteiger partial charge in [0.2, 0.25) is 5.91 Å². The van der Waals surface area contributed by atoms with Gasteiger partial charge in [-0.3, -0.25) is 28.1 Å². The lowest BCUT2D eigenvalue weighted by molar-refractivity contribution is -0.138. The number of amides is 2. The molecule has 2 heterocycles. The summed E-state index contributed by atoms with van der Waals surface area (Å²) in [6.45, 7) is 5.12. The van der Waals surface area contributed by atoms with Crippen molar-refractivity contribution in [3.05, 3.63) is 62.9 Å².